The van der Waals surface area contributed by atoms with Crippen LogP contribution in [0.4, 0.5) is 4.79 Å². The van der Waals surface area contributed by atoms with Gasteiger partial charge in [-0.1, -0.05) is 13.8 Å². The van der Waals surface area contributed by atoms with Crippen LogP contribution in [0.3, 0.4) is 0 Å². The maximum Gasteiger partial charge on any atom is 0.510 e. The molecule has 0 radical (unpaired) electrons. The Hall–Kier alpha value is -1.68. The van der Waals surface area contributed by atoms with Crippen LogP contribution >= 0.6 is 7.82 Å². The number of phosphoric ester groups is 1. The molecule has 174 valence electrons. The summed E-state index contributed by atoms with van der Waals surface area (Å²) in [7, 11) is -4.16. The maximum absolute atomic E-state index is 12.6. The molecule has 0 saturated carbocycles. The van der Waals surface area contributed by atoms with E-state index in [-0.39, 0.29) is 19.6 Å². The van der Waals surface area contributed by atoms with Gasteiger partial charge in [0.15, 0.2) is 6.10 Å². The molecule has 0 aromatic heterocycles. The van der Waals surface area contributed by atoms with Gasteiger partial charge in [0.2, 0.25) is 12.7 Å². The standard InChI is InChI=1S/C18H32NO10P/c1-12(2)27-16(22)24-11-26-30(23)25-10-18(6,7)14(29-30)15(21)19-9-8-13(20)28-17(3,4)5/h12,14H,8-11H2,1-7H3,(H,19,21)/t14-,30?/m0/s1. The lowest BCUT2D eigenvalue weighted by Crippen LogP contribution is -2.50. The molecular weight excluding hydrogens is 421 g/mol. The van der Waals surface area contributed by atoms with Crippen LogP contribution in [0.25, 0.3) is 0 Å². The fraction of sp³-hybridized carbons (Fsp3) is 0.833. The van der Waals surface area contributed by atoms with Crippen molar-refractivity contribution in [1.82, 2.24) is 5.32 Å². The van der Waals surface area contributed by atoms with Crippen LogP contribution in [-0.4, -0.2) is 55.8 Å². The molecule has 30 heavy (non-hydrogen) atoms. The van der Waals surface area contributed by atoms with Crippen LogP contribution in [0.1, 0.15) is 54.9 Å². The van der Waals surface area contributed by atoms with Gasteiger partial charge in [-0.15, -0.1) is 0 Å². The summed E-state index contributed by atoms with van der Waals surface area (Å²) in [4.78, 5) is 35.6. The van der Waals surface area contributed by atoms with Crippen molar-refractivity contribution in [3.8, 4) is 0 Å². The lowest BCUT2D eigenvalue weighted by atomic mass is 9.87. The number of amides is 1. The van der Waals surface area contributed by atoms with Crippen LogP contribution in [0, 0.1) is 5.41 Å². The monoisotopic (exact) mass is 453 g/mol. The summed E-state index contributed by atoms with van der Waals surface area (Å²) < 4.78 is 42.5. The van der Waals surface area contributed by atoms with E-state index in [2.05, 4.69) is 10.1 Å². The maximum atomic E-state index is 12.6. The Morgan fingerprint density at radius 2 is 1.87 bits per heavy atom. The van der Waals surface area contributed by atoms with Gasteiger partial charge in [-0.05, 0) is 34.6 Å². The fourth-order valence-corrected chi connectivity index (χ4v) is 3.74. The topological polar surface area (TPSA) is 136 Å². The van der Waals surface area contributed by atoms with E-state index in [4.69, 9.17) is 23.0 Å². The number of hydrogen-bond acceptors (Lipinski definition) is 10. The van der Waals surface area contributed by atoms with Crippen LogP contribution in [0.15, 0.2) is 0 Å². The number of hydrogen-bond donors (Lipinski definition) is 1. The number of carbonyl (C=O) groups excluding carboxylic acids is 3. The minimum atomic E-state index is -4.16. The molecule has 1 rings (SSSR count). The molecule has 1 fully saturated rings. The van der Waals surface area contributed by atoms with Crippen molar-refractivity contribution in [3.63, 3.8) is 0 Å². The third-order valence-electron chi connectivity index (χ3n) is 3.54. The molecule has 0 bridgehead atoms. The summed E-state index contributed by atoms with van der Waals surface area (Å²) in [6.45, 7) is 11.0. The van der Waals surface area contributed by atoms with E-state index in [0.717, 1.165) is 0 Å². The van der Waals surface area contributed by atoms with Crippen molar-refractivity contribution < 1.29 is 46.7 Å². The highest BCUT2D eigenvalue weighted by molar-refractivity contribution is 7.48. The van der Waals surface area contributed by atoms with Crippen molar-refractivity contribution in [1.29, 1.82) is 0 Å². The van der Waals surface area contributed by atoms with Crippen LogP contribution in [-0.2, 0) is 41.9 Å². The lowest BCUT2D eigenvalue weighted by Gasteiger charge is -2.39. The van der Waals surface area contributed by atoms with E-state index < -0.39 is 55.9 Å². The van der Waals surface area contributed by atoms with Gasteiger partial charge in [0.05, 0.1) is 19.1 Å². The summed E-state index contributed by atoms with van der Waals surface area (Å²) in [5.41, 5.74) is -1.45. The summed E-state index contributed by atoms with van der Waals surface area (Å²) in [6, 6.07) is 0. The highest BCUT2D eigenvalue weighted by Crippen LogP contribution is 2.57. The van der Waals surface area contributed by atoms with Gasteiger partial charge in [-0.2, -0.15) is 0 Å². The normalized spacial score (nSPS) is 23.5. The Bertz CT molecular complexity index is 670. The molecule has 12 heteroatoms. The second-order valence-corrected chi connectivity index (χ2v) is 10.3. The van der Waals surface area contributed by atoms with Crippen LogP contribution in [0.2, 0.25) is 0 Å². The van der Waals surface area contributed by atoms with Crippen molar-refractivity contribution >= 4 is 25.9 Å². The predicted molar refractivity (Wildman–Crippen MR) is 104 cm³/mol. The van der Waals surface area contributed by atoms with Crippen LogP contribution < -0.4 is 5.32 Å². The fourth-order valence-electron chi connectivity index (χ4n) is 2.23. The minimum absolute atomic E-state index is 0.0137. The van der Waals surface area contributed by atoms with Gasteiger partial charge in [-0.25, -0.2) is 13.9 Å². The molecule has 1 heterocycles. The van der Waals surface area contributed by atoms with E-state index >= 15 is 0 Å². The molecule has 1 N–H and O–H groups in total. The second-order valence-electron chi connectivity index (χ2n) is 8.63. The Morgan fingerprint density at radius 3 is 2.43 bits per heavy atom. The Morgan fingerprint density at radius 1 is 1.23 bits per heavy atom. The largest absolute Gasteiger partial charge is 0.510 e. The van der Waals surface area contributed by atoms with Crippen molar-refractivity contribution in [2.45, 2.75) is 72.7 Å². The van der Waals surface area contributed by atoms with Gasteiger partial charge in [-0.3, -0.25) is 18.6 Å². The Balaban J connectivity index is 2.58. The number of carbonyl (C=O) groups is 3. The molecule has 0 aromatic carbocycles. The second kappa shape index (κ2) is 10.6. The molecule has 1 aliphatic heterocycles. The number of esters is 1. The van der Waals surface area contributed by atoms with Gasteiger partial charge in [0.25, 0.3) is 0 Å². The molecular formula is C18H32NO10P. The predicted octanol–water partition coefficient (Wildman–Crippen LogP) is 2.92. The third kappa shape index (κ3) is 9.42. The molecule has 0 spiro atoms. The van der Waals surface area contributed by atoms with E-state index in [1.54, 1.807) is 48.5 Å². The van der Waals surface area contributed by atoms with Crippen molar-refractivity contribution in [2.24, 2.45) is 5.41 Å². The van der Waals surface area contributed by atoms with E-state index in [0.29, 0.717) is 0 Å². The smallest absolute Gasteiger partial charge is 0.460 e. The van der Waals surface area contributed by atoms with E-state index in [9.17, 15) is 18.9 Å². The van der Waals surface area contributed by atoms with E-state index in [1.807, 2.05) is 0 Å². The SMILES string of the molecule is CC(C)OC(=O)OCOP1(=O)OCC(C)(C)[C@H](C(=O)NCCC(=O)OC(C)(C)C)O1. The molecule has 0 aromatic rings. The van der Waals surface area contributed by atoms with Crippen LogP contribution in [0.5, 0.6) is 0 Å². The van der Waals surface area contributed by atoms with Crippen molar-refractivity contribution in [3.05, 3.63) is 0 Å². The number of rotatable bonds is 8. The zero-order valence-corrected chi connectivity index (χ0v) is 19.4. The molecule has 2 atom stereocenters. The molecule has 1 unspecified atom stereocenters. The quantitative estimate of drug-likeness (QED) is 0.332. The summed E-state index contributed by atoms with van der Waals surface area (Å²) in [6.07, 6.45) is -2.62. The molecule has 1 aliphatic rings. The number of ether oxygens (including phenoxy) is 3. The summed E-state index contributed by atoms with van der Waals surface area (Å²) >= 11 is 0. The Labute approximate surface area is 176 Å². The molecule has 1 saturated heterocycles. The van der Waals surface area contributed by atoms with Gasteiger partial charge < -0.3 is 19.5 Å². The zero-order chi connectivity index (χ0) is 23.2. The third-order valence-corrected chi connectivity index (χ3v) is 4.88. The highest BCUT2D eigenvalue weighted by Gasteiger charge is 2.49. The minimum Gasteiger partial charge on any atom is -0.460 e. The first-order valence-electron chi connectivity index (χ1n) is 9.54. The van der Waals surface area contributed by atoms with Gasteiger partial charge in [0, 0.05) is 12.0 Å². The van der Waals surface area contributed by atoms with Gasteiger partial charge in [0.1, 0.15) is 5.60 Å². The summed E-state index contributed by atoms with van der Waals surface area (Å²) in [5, 5.41) is 2.56. The average molecular weight is 453 g/mol. The molecule has 0 aliphatic carbocycles. The number of nitrogens with one attached hydrogen (secondary N) is 1. The first-order valence-corrected chi connectivity index (χ1v) is 11.0. The lowest BCUT2D eigenvalue weighted by molar-refractivity contribution is -0.154. The first-order chi connectivity index (χ1) is 13.6. The highest BCUT2D eigenvalue weighted by atomic mass is 31.2. The average Bonchev–Trinajstić information content (AvgIpc) is 2.55. The number of phosphoric acid groups is 1. The van der Waals surface area contributed by atoms with E-state index in [1.165, 1.54) is 0 Å². The Kier molecular flexibility index (Phi) is 9.28. The first kappa shape index (κ1) is 26.4. The van der Waals surface area contributed by atoms with Gasteiger partial charge >= 0.3 is 19.9 Å². The zero-order valence-electron chi connectivity index (χ0n) is 18.5. The summed E-state index contributed by atoms with van der Waals surface area (Å²) in [5.74, 6) is -1.05. The molecule has 1 amide bonds. The van der Waals surface area contributed by atoms with Crippen molar-refractivity contribution in [2.75, 3.05) is 19.9 Å². The molecule has 11 nitrogen and oxygen atoms in total.